The Hall–Kier alpha value is -1.68. The summed E-state index contributed by atoms with van der Waals surface area (Å²) in [4.78, 5) is 12.4. The van der Waals surface area contributed by atoms with E-state index in [0.717, 1.165) is 11.3 Å². The smallest absolute Gasteiger partial charge is 0.168 e. The number of rotatable bonds is 5. The van der Waals surface area contributed by atoms with E-state index >= 15 is 0 Å². The second-order valence-electron chi connectivity index (χ2n) is 4.99. The third-order valence-electron chi connectivity index (χ3n) is 3.39. The molecule has 1 heterocycles. The lowest BCUT2D eigenvalue weighted by Crippen LogP contribution is -2.10. The van der Waals surface area contributed by atoms with Gasteiger partial charge in [0.1, 0.15) is 5.82 Å². The van der Waals surface area contributed by atoms with Gasteiger partial charge in [0.15, 0.2) is 5.78 Å². The van der Waals surface area contributed by atoms with Crippen LogP contribution in [0.2, 0.25) is 5.02 Å². The molecule has 0 radical (unpaired) electrons. The van der Waals surface area contributed by atoms with Gasteiger partial charge in [-0.3, -0.25) is 9.48 Å². The Balaban J connectivity index is 2.33. The summed E-state index contributed by atoms with van der Waals surface area (Å²) in [5, 5.41) is 4.93. The summed E-state index contributed by atoms with van der Waals surface area (Å²) in [6.07, 6.45) is 0.842. The minimum atomic E-state index is -0.400. The molecule has 0 N–H and O–H groups in total. The Bertz CT molecular complexity index is 659. The summed E-state index contributed by atoms with van der Waals surface area (Å²) < 4.78 is 15.2. The van der Waals surface area contributed by atoms with Gasteiger partial charge in [0, 0.05) is 12.1 Å². The predicted molar refractivity (Wildman–Crippen MR) is 81.5 cm³/mol. The monoisotopic (exact) mass is 308 g/mol. The maximum atomic E-state index is 13.4. The highest BCUT2D eigenvalue weighted by Crippen LogP contribution is 2.23. The van der Waals surface area contributed by atoms with Gasteiger partial charge in [0.05, 0.1) is 22.8 Å². The molecule has 0 unspecified atom stereocenters. The van der Waals surface area contributed by atoms with Crippen LogP contribution in [0, 0.1) is 12.7 Å². The fourth-order valence-corrected chi connectivity index (χ4v) is 2.67. The summed E-state index contributed by atoms with van der Waals surface area (Å²) in [6, 6.07) is 4.35. The number of aromatic nitrogens is 2. The molecule has 2 aromatic rings. The zero-order valence-corrected chi connectivity index (χ0v) is 13.2. The molecule has 0 aliphatic carbocycles. The largest absolute Gasteiger partial charge is 0.294 e. The molecule has 5 heteroatoms. The van der Waals surface area contributed by atoms with Crippen LogP contribution in [0.4, 0.5) is 4.39 Å². The van der Waals surface area contributed by atoms with Crippen molar-refractivity contribution in [1.82, 2.24) is 9.78 Å². The topological polar surface area (TPSA) is 34.9 Å². The van der Waals surface area contributed by atoms with Gasteiger partial charge in [-0.05, 0) is 44.0 Å². The van der Waals surface area contributed by atoms with Crippen LogP contribution >= 0.6 is 11.6 Å². The molecule has 0 aliphatic heterocycles. The maximum Gasteiger partial charge on any atom is 0.168 e. The van der Waals surface area contributed by atoms with Crippen LogP contribution in [0.5, 0.6) is 0 Å². The first-order valence-electron chi connectivity index (χ1n) is 7.00. The number of nitrogens with zero attached hydrogens (tertiary/aromatic N) is 2. The van der Waals surface area contributed by atoms with E-state index in [1.165, 1.54) is 12.1 Å². The average molecular weight is 309 g/mol. The van der Waals surface area contributed by atoms with Gasteiger partial charge in [-0.15, -0.1) is 0 Å². The maximum absolute atomic E-state index is 13.4. The number of halogens is 2. The van der Waals surface area contributed by atoms with E-state index in [1.807, 2.05) is 13.8 Å². The van der Waals surface area contributed by atoms with E-state index in [-0.39, 0.29) is 12.2 Å². The lowest BCUT2D eigenvalue weighted by molar-refractivity contribution is 0.0990. The van der Waals surface area contributed by atoms with Crippen molar-refractivity contribution in [3.05, 3.63) is 51.6 Å². The number of carbonyl (C=O) groups is 1. The standard InChI is InChI=1S/C16H18ClFN2O/c1-4-13-16(17)14(20(5-2)19-13)9-15(21)11-6-10(3)7-12(18)8-11/h6-8H,4-5,9H2,1-3H3. The fraction of sp³-hybridized carbons (Fsp3) is 0.375. The van der Waals surface area contributed by atoms with Gasteiger partial charge in [-0.1, -0.05) is 18.5 Å². The molecular weight excluding hydrogens is 291 g/mol. The number of hydrogen-bond donors (Lipinski definition) is 0. The van der Waals surface area contributed by atoms with Crippen molar-refractivity contribution in [2.45, 2.75) is 40.2 Å². The van der Waals surface area contributed by atoms with Crippen molar-refractivity contribution in [2.24, 2.45) is 0 Å². The molecule has 0 fully saturated rings. The zero-order chi connectivity index (χ0) is 15.6. The van der Waals surface area contributed by atoms with Gasteiger partial charge < -0.3 is 0 Å². The Morgan fingerprint density at radius 1 is 1.33 bits per heavy atom. The molecule has 0 saturated heterocycles. The second kappa shape index (κ2) is 6.39. The minimum absolute atomic E-state index is 0.128. The molecule has 0 atom stereocenters. The van der Waals surface area contributed by atoms with E-state index in [1.54, 1.807) is 17.7 Å². The SMILES string of the molecule is CCc1nn(CC)c(CC(=O)c2cc(C)cc(F)c2)c1Cl. The van der Waals surface area contributed by atoms with Gasteiger partial charge in [-0.25, -0.2) is 4.39 Å². The van der Waals surface area contributed by atoms with E-state index in [2.05, 4.69) is 5.10 Å². The quantitative estimate of drug-likeness (QED) is 0.783. The fourth-order valence-electron chi connectivity index (χ4n) is 2.34. The number of hydrogen-bond acceptors (Lipinski definition) is 2. The Labute approximate surface area is 128 Å². The van der Waals surface area contributed by atoms with Crippen molar-refractivity contribution in [2.75, 3.05) is 0 Å². The normalized spacial score (nSPS) is 10.9. The molecule has 0 amide bonds. The van der Waals surface area contributed by atoms with Gasteiger partial charge >= 0.3 is 0 Å². The van der Waals surface area contributed by atoms with Crippen LogP contribution in [0.25, 0.3) is 0 Å². The third kappa shape index (κ3) is 3.32. The number of Topliss-reactive ketones (excluding diaryl/α,β-unsaturated/α-hetero) is 1. The molecule has 3 nitrogen and oxygen atoms in total. The Morgan fingerprint density at radius 3 is 2.62 bits per heavy atom. The van der Waals surface area contributed by atoms with E-state index < -0.39 is 5.82 Å². The first kappa shape index (κ1) is 15.7. The molecule has 0 saturated carbocycles. The van der Waals surface area contributed by atoms with Gasteiger partial charge in [0.2, 0.25) is 0 Å². The zero-order valence-electron chi connectivity index (χ0n) is 12.4. The van der Waals surface area contributed by atoms with Crippen LogP contribution < -0.4 is 0 Å². The van der Waals surface area contributed by atoms with E-state index in [4.69, 9.17) is 11.6 Å². The van der Waals surface area contributed by atoms with Gasteiger partial charge in [-0.2, -0.15) is 5.10 Å². The molecule has 1 aromatic carbocycles. The second-order valence-corrected chi connectivity index (χ2v) is 5.37. The van der Waals surface area contributed by atoms with E-state index in [9.17, 15) is 9.18 Å². The summed E-state index contributed by atoms with van der Waals surface area (Å²) >= 11 is 6.29. The number of aryl methyl sites for hydroxylation is 3. The summed E-state index contributed by atoms with van der Waals surface area (Å²) in [7, 11) is 0. The first-order valence-corrected chi connectivity index (χ1v) is 7.38. The molecule has 21 heavy (non-hydrogen) atoms. The Kier molecular flexibility index (Phi) is 4.78. The van der Waals surface area contributed by atoms with Crippen LogP contribution in [0.1, 0.15) is 41.2 Å². The van der Waals surface area contributed by atoms with Crippen LogP contribution in [0.15, 0.2) is 18.2 Å². The molecule has 0 spiro atoms. The average Bonchev–Trinajstić information content (AvgIpc) is 2.74. The number of carbonyl (C=O) groups excluding carboxylic acids is 1. The molecule has 0 aliphatic rings. The highest BCUT2D eigenvalue weighted by molar-refractivity contribution is 6.32. The third-order valence-corrected chi connectivity index (χ3v) is 3.82. The predicted octanol–water partition coefficient (Wildman–Crippen LogP) is 3.99. The number of ketones is 1. The molecule has 0 bridgehead atoms. The summed E-state index contributed by atoms with van der Waals surface area (Å²) in [5.74, 6) is -0.556. The highest BCUT2D eigenvalue weighted by atomic mass is 35.5. The van der Waals surface area contributed by atoms with Crippen molar-refractivity contribution in [3.63, 3.8) is 0 Å². The Morgan fingerprint density at radius 2 is 2.05 bits per heavy atom. The summed E-state index contributed by atoms with van der Waals surface area (Å²) in [5.41, 5.74) is 2.58. The summed E-state index contributed by atoms with van der Waals surface area (Å²) in [6.45, 7) is 6.32. The van der Waals surface area contributed by atoms with Crippen LogP contribution in [-0.2, 0) is 19.4 Å². The van der Waals surface area contributed by atoms with Crippen LogP contribution in [0.3, 0.4) is 0 Å². The molecular formula is C16H18ClFN2O. The number of benzene rings is 1. The van der Waals surface area contributed by atoms with Crippen molar-refractivity contribution in [3.8, 4) is 0 Å². The molecule has 2 rings (SSSR count). The molecule has 1 aromatic heterocycles. The lowest BCUT2D eigenvalue weighted by Gasteiger charge is -2.06. The first-order chi connectivity index (χ1) is 9.96. The minimum Gasteiger partial charge on any atom is -0.294 e. The molecule has 112 valence electrons. The lowest BCUT2D eigenvalue weighted by atomic mass is 10.0. The van der Waals surface area contributed by atoms with Crippen LogP contribution in [-0.4, -0.2) is 15.6 Å². The van der Waals surface area contributed by atoms with Crippen molar-refractivity contribution in [1.29, 1.82) is 0 Å². The highest BCUT2D eigenvalue weighted by Gasteiger charge is 2.18. The van der Waals surface area contributed by atoms with E-state index in [0.29, 0.717) is 29.2 Å². The van der Waals surface area contributed by atoms with Crippen molar-refractivity contribution >= 4 is 17.4 Å². The van der Waals surface area contributed by atoms with Crippen molar-refractivity contribution < 1.29 is 9.18 Å². The van der Waals surface area contributed by atoms with Gasteiger partial charge in [0.25, 0.3) is 0 Å².